The van der Waals surface area contributed by atoms with Gasteiger partial charge in [0.15, 0.2) is 0 Å². The Morgan fingerprint density at radius 1 is 1.30 bits per heavy atom. The summed E-state index contributed by atoms with van der Waals surface area (Å²) in [5.74, 6) is -0.0530. The number of hydrogen-bond donors (Lipinski definition) is 2. The summed E-state index contributed by atoms with van der Waals surface area (Å²) in [5.41, 5.74) is 7.09. The molecule has 0 aliphatic heterocycles. The van der Waals surface area contributed by atoms with E-state index in [9.17, 15) is 9.59 Å². The van der Waals surface area contributed by atoms with Crippen molar-refractivity contribution in [2.45, 2.75) is 6.92 Å². The molecule has 104 valence electrons. The van der Waals surface area contributed by atoms with Crippen LogP contribution in [0.15, 0.2) is 29.6 Å². The van der Waals surface area contributed by atoms with Gasteiger partial charge in [0.2, 0.25) is 5.91 Å². The van der Waals surface area contributed by atoms with E-state index in [1.807, 2.05) is 13.0 Å². The second-order valence-electron chi connectivity index (χ2n) is 4.20. The number of carbonyl (C=O) groups excluding carboxylic acids is 2. The standard InChI is InChI=1S/C14H14N2O3S/c1-8-5-10(3-4-11(8)19-2)16-14(18)12-6-9(7-20-12)13(15)17/h3-7H,1-2H3,(H2,15,17)(H,16,18). The van der Waals surface area contributed by atoms with Gasteiger partial charge in [-0.05, 0) is 36.8 Å². The van der Waals surface area contributed by atoms with Crippen LogP contribution in [0.4, 0.5) is 5.69 Å². The summed E-state index contributed by atoms with van der Waals surface area (Å²) in [6.45, 7) is 1.89. The molecule has 6 heteroatoms. The van der Waals surface area contributed by atoms with Gasteiger partial charge in [-0.1, -0.05) is 0 Å². The zero-order valence-corrected chi connectivity index (χ0v) is 11.9. The fourth-order valence-electron chi connectivity index (χ4n) is 1.73. The van der Waals surface area contributed by atoms with E-state index in [2.05, 4.69) is 5.32 Å². The van der Waals surface area contributed by atoms with Crippen molar-refractivity contribution in [2.75, 3.05) is 12.4 Å². The molecular formula is C14H14N2O3S. The van der Waals surface area contributed by atoms with Crippen LogP contribution in [0.25, 0.3) is 0 Å². The number of amides is 2. The fourth-order valence-corrected chi connectivity index (χ4v) is 2.52. The maximum atomic E-state index is 12.0. The van der Waals surface area contributed by atoms with Crippen LogP contribution in [0.1, 0.15) is 25.6 Å². The molecule has 0 aliphatic rings. The van der Waals surface area contributed by atoms with E-state index in [1.54, 1.807) is 24.6 Å². The average Bonchev–Trinajstić information content (AvgIpc) is 2.88. The molecule has 2 amide bonds. The number of thiophene rings is 1. The first-order valence-corrected chi connectivity index (χ1v) is 6.73. The molecule has 0 radical (unpaired) electrons. The third kappa shape index (κ3) is 2.97. The third-order valence-electron chi connectivity index (χ3n) is 2.76. The molecule has 1 heterocycles. The normalized spacial score (nSPS) is 10.1. The molecule has 1 aromatic carbocycles. The van der Waals surface area contributed by atoms with Gasteiger partial charge in [-0.15, -0.1) is 11.3 Å². The maximum Gasteiger partial charge on any atom is 0.265 e. The molecule has 3 N–H and O–H groups in total. The highest BCUT2D eigenvalue weighted by atomic mass is 32.1. The molecule has 0 atom stereocenters. The highest BCUT2D eigenvalue weighted by molar-refractivity contribution is 7.12. The second kappa shape index (κ2) is 5.75. The van der Waals surface area contributed by atoms with E-state index >= 15 is 0 Å². The monoisotopic (exact) mass is 290 g/mol. The van der Waals surface area contributed by atoms with E-state index in [4.69, 9.17) is 10.5 Å². The van der Waals surface area contributed by atoms with Crippen molar-refractivity contribution in [1.29, 1.82) is 0 Å². The third-order valence-corrected chi connectivity index (χ3v) is 3.69. The molecule has 5 nitrogen and oxygen atoms in total. The number of methoxy groups -OCH3 is 1. The lowest BCUT2D eigenvalue weighted by molar-refractivity contribution is 0.100. The molecule has 0 fully saturated rings. The Balaban J connectivity index is 2.14. The molecule has 0 spiro atoms. The van der Waals surface area contributed by atoms with Gasteiger partial charge >= 0.3 is 0 Å². The highest BCUT2D eigenvalue weighted by Crippen LogP contribution is 2.22. The minimum Gasteiger partial charge on any atom is -0.496 e. The lowest BCUT2D eigenvalue weighted by Gasteiger charge is -2.08. The van der Waals surface area contributed by atoms with Gasteiger partial charge < -0.3 is 15.8 Å². The van der Waals surface area contributed by atoms with Crippen LogP contribution in [0, 0.1) is 6.92 Å². The van der Waals surface area contributed by atoms with Crippen molar-refractivity contribution in [3.05, 3.63) is 45.6 Å². The first-order valence-electron chi connectivity index (χ1n) is 5.85. The number of nitrogens with one attached hydrogen (secondary N) is 1. The Morgan fingerprint density at radius 2 is 2.05 bits per heavy atom. The van der Waals surface area contributed by atoms with Gasteiger partial charge in [-0.2, -0.15) is 0 Å². The quantitative estimate of drug-likeness (QED) is 0.907. The number of benzene rings is 1. The molecule has 0 unspecified atom stereocenters. The summed E-state index contributed by atoms with van der Waals surface area (Å²) in [6.07, 6.45) is 0. The summed E-state index contributed by atoms with van der Waals surface area (Å²) in [7, 11) is 1.59. The van der Waals surface area contributed by atoms with Crippen LogP contribution in [0.5, 0.6) is 5.75 Å². The summed E-state index contributed by atoms with van der Waals surface area (Å²) in [5, 5.41) is 4.33. The van der Waals surface area contributed by atoms with Crippen LogP contribution in [-0.4, -0.2) is 18.9 Å². The van der Waals surface area contributed by atoms with Gasteiger partial charge in [-0.25, -0.2) is 0 Å². The molecule has 1 aromatic heterocycles. The first kappa shape index (κ1) is 14.1. The number of nitrogens with two attached hydrogens (primary N) is 1. The zero-order chi connectivity index (χ0) is 14.7. The Hall–Kier alpha value is -2.34. The lowest BCUT2D eigenvalue weighted by atomic mass is 10.2. The number of rotatable bonds is 4. The number of aryl methyl sites for hydroxylation is 1. The summed E-state index contributed by atoms with van der Waals surface area (Å²) < 4.78 is 5.16. The zero-order valence-electron chi connectivity index (χ0n) is 11.1. The SMILES string of the molecule is COc1ccc(NC(=O)c2cc(C(N)=O)cs2)cc1C. The molecule has 20 heavy (non-hydrogen) atoms. The Labute approximate surface area is 120 Å². The van der Waals surface area contributed by atoms with Gasteiger partial charge in [-0.3, -0.25) is 9.59 Å². The van der Waals surface area contributed by atoms with E-state index in [0.29, 0.717) is 16.1 Å². The summed E-state index contributed by atoms with van der Waals surface area (Å²) in [4.78, 5) is 23.5. The van der Waals surface area contributed by atoms with E-state index in [1.165, 1.54) is 17.4 Å². The maximum absolute atomic E-state index is 12.0. The van der Waals surface area contributed by atoms with Crippen LogP contribution >= 0.6 is 11.3 Å². The molecule has 0 aliphatic carbocycles. The second-order valence-corrected chi connectivity index (χ2v) is 5.11. The van der Waals surface area contributed by atoms with Gasteiger partial charge in [0.05, 0.1) is 17.6 Å². The van der Waals surface area contributed by atoms with Crippen LogP contribution in [0.2, 0.25) is 0 Å². The predicted molar refractivity (Wildman–Crippen MR) is 78.5 cm³/mol. The number of carbonyl (C=O) groups is 2. The molecule has 0 bridgehead atoms. The molecule has 2 aromatic rings. The average molecular weight is 290 g/mol. The molecule has 0 saturated heterocycles. The Bertz CT molecular complexity index is 664. The topological polar surface area (TPSA) is 81.4 Å². The van der Waals surface area contributed by atoms with Gasteiger partial charge in [0.1, 0.15) is 5.75 Å². The number of anilines is 1. The van der Waals surface area contributed by atoms with E-state index < -0.39 is 5.91 Å². The fraction of sp³-hybridized carbons (Fsp3) is 0.143. The van der Waals surface area contributed by atoms with Crippen LogP contribution in [-0.2, 0) is 0 Å². The Morgan fingerprint density at radius 3 is 2.60 bits per heavy atom. The van der Waals surface area contributed by atoms with Crippen molar-refractivity contribution in [3.8, 4) is 5.75 Å². The number of ether oxygens (including phenoxy) is 1. The lowest BCUT2D eigenvalue weighted by Crippen LogP contribution is -2.12. The van der Waals surface area contributed by atoms with Crippen molar-refractivity contribution < 1.29 is 14.3 Å². The van der Waals surface area contributed by atoms with E-state index in [0.717, 1.165) is 11.3 Å². The minimum atomic E-state index is -0.541. The smallest absolute Gasteiger partial charge is 0.265 e. The van der Waals surface area contributed by atoms with Crippen molar-refractivity contribution >= 4 is 28.8 Å². The number of primary amides is 1. The molecular weight excluding hydrogens is 276 g/mol. The van der Waals surface area contributed by atoms with Crippen LogP contribution < -0.4 is 15.8 Å². The highest BCUT2D eigenvalue weighted by Gasteiger charge is 2.12. The Kier molecular flexibility index (Phi) is 4.05. The summed E-state index contributed by atoms with van der Waals surface area (Å²) in [6, 6.07) is 6.85. The van der Waals surface area contributed by atoms with Gasteiger partial charge in [0, 0.05) is 11.1 Å². The number of hydrogen-bond acceptors (Lipinski definition) is 4. The van der Waals surface area contributed by atoms with Crippen molar-refractivity contribution in [1.82, 2.24) is 0 Å². The van der Waals surface area contributed by atoms with E-state index in [-0.39, 0.29) is 5.91 Å². The minimum absolute atomic E-state index is 0.271. The van der Waals surface area contributed by atoms with Crippen molar-refractivity contribution in [3.63, 3.8) is 0 Å². The predicted octanol–water partition coefficient (Wildman–Crippen LogP) is 2.42. The summed E-state index contributed by atoms with van der Waals surface area (Å²) >= 11 is 1.18. The van der Waals surface area contributed by atoms with Crippen molar-refractivity contribution in [2.24, 2.45) is 5.73 Å². The first-order chi connectivity index (χ1) is 9.51. The molecule has 0 saturated carbocycles. The van der Waals surface area contributed by atoms with Crippen LogP contribution in [0.3, 0.4) is 0 Å². The molecule has 2 rings (SSSR count). The largest absolute Gasteiger partial charge is 0.496 e. The van der Waals surface area contributed by atoms with Gasteiger partial charge in [0.25, 0.3) is 5.91 Å².